The molecule has 4 rings (SSSR count). The molecule has 1 fully saturated rings. The number of nitrogens with two attached hydrogens (primary N) is 1. The van der Waals surface area contributed by atoms with Crippen molar-refractivity contribution in [2.24, 2.45) is 11.7 Å². The average Bonchev–Trinajstić information content (AvgIpc) is 3.88. The van der Waals surface area contributed by atoms with Crippen molar-refractivity contribution in [2.75, 3.05) is 13.2 Å². The Kier molecular flexibility index (Phi) is 12.5. The minimum atomic E-state index is -5.44. The van der Waals surface area contributed by atoms with Gasteiger partial charge in [-0.15, -0.1) is 0 Å². The number of benzene rings is 2. The quantitative estimate of drug-likeness (QED) is 0.135. The maximum absolute atomic E-state index is 16.8. The molecule has 7 nitrogen and oxygen atoms in total. The van der Waals surface area contributed by atoms with Crippen LogP contribution in [0.5, 0.6) is 0 Å². The molecule has 1 aromatic heterocycles. The zero-order valence-corrected chi connectivity index (χ0v) is 29.6. The first-order valence-corrected chi connectivity index (χ1v) is 17.0. The number of nitrogens with one attached hydrogen (secondary N) is 1. The first kappa shape index (κ1) is 41.4. The fourth-order valence-corrected chi connectivity index (χ4v) is 6.58. The van der Waals surface area contributed by atoms with Crippen molar-refractivity contribution in [2.45, 2.75) is 97.1 Å². The van der Waals surface area contributed by atoms with Crippen molar-refractivity contribution in [3.63, 3.8) is 0 Å². The lowest BCUT2D eigenvalue weighted by Crippen LogP contribution is -2.41. The van der Waals surface area contributed by atoms with Crippen LogP contribution < -0.4 is 16.6 Å². The first-order chi connectivity index (χ1) is 24.6. The Morgan fingerprint density at radius 3 is 2.11 bits per heavy atom. The van der Waals surface area contributed by atoms with Crippen molar-refractivity contribution >= 4 is 11.9 Å². The third kappa shape index (κ3) is 9.07. The highest BCUT2D eigenvalue weighted by atomic mass is 19.4. The molecule has 290 valence electrons. The number of pyridine rings is 1. The lowest BCUT2D eigenvalue weighted by atomic mass is 9.87. The molecule has 1 aliphatic carbocycles. The Bertz CT molecular complexity index is 1930. The van der Waals surface area contributed by atoms with Crippen molar-refractivity contribution < 1.29 is 53.8 Å². The van der Waals surface area contributed by atoms with Gasteiger partial charge in [0, 0.05) is 23.4 Å². The lowest BCUT2D eigenvalue weighted by Gasteiger charge is -2.28. The van der Waals surface area contributed by atoms with Crippen LogP contribution in [-0.2, 0) is 33.1 Å². The monoisotopic (exact) mass is 761 g/mol. The third-order valence-corrected chi connectivity index (χ3v) is 9.11. The van der Waals surface area contributed by atoms with E-state index in [0.29, 0.717) is 23.0 Å². The number of carbonyl (C=O) groups excluding carboxylic acids is 2. The number of carbonyl (C=O) groups is 2. The summed E-state index contributed by atoms with van der Waals surface area (Å²) in [6.45, 7) is 6.73. The van der Waals surface area contributed by atoms with Gasteiger partial charge in [0.05, 0.1) is 30.2 Å². The highest BCUT2D eigenvalue weighted by Crippen LogP contribution is 2.46. The Balaban J connectivity index is 1.96. The summed E-state index contributed by atoms with van der Waals surface area (Å²) in [5.74, 6) is -7.56. The molecular formula is C37H40F9N3O4. The molecular weight excluding hydrogens is 721 g/mol. The van der Waals surface area contributed by atoms with Gasteiger partial charge in [-0.1, -0.05) is 19.9 Å². The minimum absolute atomic E-state index is 0.118. The van der Waals surface area contributed by atoms with E-state index in [2.05, 4.69) is 5.32 Å². The predicted octanol–water partition coefficient (Wildman–Crippen LogP) is 8.36. The molecule has 0 radical (unpaired) electrons. The van der Waals surface area contributed by atoms with E-state index in [1.165, 1.54) is 26.8 Å². The van der Waals surface area contributed by atoms with Gasteiger partial charge in [0.1, 0.15) is 23.5 Å². The van der Waals surface area contributed by atoms with Crippen LogP contribution >= 0.6 is 0 Å². The van der Waals surface area contributed by atoms with Gasteiger partial charge in [-0.05, 0) is 98.7 Å². The Labute approximate surface area is 299 Å². The van der Waals surface area contributed by atoms with Crippen LogP contribution in [0.1, 0.15) is 103 Å². The van der Waals surface area contributed by atoms with E-state index in [9.17, 15) is 40.7 Å². The highest BCUT2D eigenvalue weighted by molar-refractivity contribution is 5.82. The molecule has 53 heavy (non-hydrogen) atoms. The predicted molar refractivity (Wildman–Crippen MR) is 177 cm³/mol. The summed E-state index contributed by atoms with van der Waals surface area (Å²) < 4.78 is 139. The third-order valence-electron chi connectivity index (χ3n) is 9.11. The first-order valence-electron chi connectivity index (χ1n) is 17.0. The van der Waals surface area contributed by atoms with E-state index in [1.807, 2.05) is 0 Å². The number of halogens is 9. The smallest absolute Gasteiger partial charge is 0.419 e. The number of alkyl halides is 6. The van der Waals surface area contributed by atoms with Crippen LogP contribution in [0.25, 0.3) is 11.1 Å². The number of nitrogens with zero attached hydrogens (tertiary/aromatic N) is 1. The Hall–Kier alpha value is -4.34. The number of esters is 1. The number of hydrogen-bond acceptors (Lipinski definition) is 5. The number of aromatic nitrogens is 1. The summed E-state index contributed by atoms with van der Waals surface area (Å²) in [7, 11) is 0. The maximum atomic E-state index is 16.8. The number of rotatable bonds is 13. The van der Waals surface area contributed by atoms with Crippen LogP contribution in [-0.4, -0.2) is 29.6 Å². The molecule has 1 unspecified atom stereocenters. The standard InChI is InChI=1S/C37H40F9N3O4/c1-6-53-29(51)15-26(48-35(52)27(11-17(2)3)49-16-21(9-10-47)24(14-28(49)50)36(41,42)43)31-33(39)23(13-25(34(31)40)37(44,45)46)30-18(4)12-22(20-7-8-20)32(38)19(30)5/h12-14,16-17,20,26-27H,6-11,15,47H2,1-5H3,(H,48,52)/t26-,27?/m0/s1. The van der Waals surface area contributed by atoms with Gasteiger partial charge in [-0.3, -0.25) is 14.4 Å². The molecule has 2 atom stereocenters. The molecule has 1 heterocycles. The minimum Gasteiger partial charge on any atom is -0.466 e. The average molecular weight is 762 g/mol. The number of amides is 1. The van der Waals surface area contributed by atoms with E-state index in [4.69, 9.17) is 10.5 Å². The molecule has 0 bridgehead atoms. The van der Waals surface area contributed by atoms with Gasteiger partial charge in [-0.2, -0.15) is 26.3 Å². The molecule has 3 N–H and O–H groups in total. The molecule has 0 saturated heterocycles. The van der Waals surface area contributed by atoms with Gasteiger partial charge < -0.3 is 20.4 Å². The Morgan fingerprint density at radius 2 is 1.58 bits per heavy atom. The molecule has 1 amide bonds. The molecule has 2 aromatic carbocycles. The van der Waals surface area contributed by atoms with Crippen LogP contribution in [0.4, 0.5) is 39.5 Å². The second-order valence-electron chi connectivity index (χ2n) is 13.6. The number of aryl methyl sites for hydroxylation is 1. The molecule has 1 saturated carbocycles. The van der Waals surface area contributed by atoms with E-state index in [1.54, 1.807) is 13.8 Å². The van der Waals surface area contributed by atoms with Crippen LogP contribution in [0, 0.1) is 37.2 Å². The van der Waals surface area contributed by atoms with Crippen LogP contribution in [0.3, 0.4) is 0 Å². The second-order valence-corrected chi connectivity index (χ2v) is 13.6. The number of ether oxygens (including phenoxy) is 1. The lowest BCUT2D eigenvalue weighted by molar-refractivity contribution is -0.144. The summed E-state index contributed by atoms with van der Waals surface area (Å²) in [5.41, 5.74) is -1.71. The van der Waals surface area contributed by atoms with E-state index < -0.39 is 99.5 Å². The van der Waals surface area contributed by atoms with Crippen molar-refractivity contribution in [1.82, 2.24) is 9.88 Å². The highest BCUT2D eigenvalue weighted by Gasteiger charge is 2.41. The SMILES string of the molecule is CCOC(=O)C[C@H](NC(=O)C(CC(C)C)n1cc(CCN)c(C(F)(F)F)cc1=O)c1c(F)c(-c2c(C)cc(C3CC3)c(F)c2C)cc(C(F)(F)F)c1F. The molecule has 1 aliphatic rings. The van der Waals surface area contributed by atoms with Gasteiger partial charge in [0.25, 0.3) is 5.56 Å². The fraction of sp³-hybridized carbons (Fsp3) is 0.486. The van der Waals surface area contributed by atoms with Gasteiger partial charge in [-0.25, -0.2) is 13.2 Å². The largest absolute Gasteiger partial charge is 0.466 e. The zero-order valence-electron chi connectivity index (χ0n) is 29.6. The summed E-state index contributed by atoms with van der Waals surface area (Å²) >= 11 is 0. The van der Waals surface area contributed by atoms with Gasteiger partial charge in [0.2, 0.25) is 5.91 Å². The van der Waals surface area contributed by atoms with Crippen LogP contribution in [0.15, 0.2) is 29.2 Å². The zero-order chi connectivity index (χ0) is 39.7. The summed E-state index contributed by atoms with van der Waals surface area (Å²) in [6.07, 6.45) is -9.95. The van der Waals surface area contributed by atoms with Crippen molar-refractivity contribution in [1.29, 1.82) is 0 Å². The van der Waals surface area contributed by atoms with Crippen LogP contribution in [0.2, 0.25) is 0 Å². The van der Waals surface area contributed by atoms with Crippen molar-refractivity contribution in [3.05, 3.63) is 91.1 Å². The summed E-state index contributed by atoms with van der Waals surface area (Å²) in [4.78, 5) is 39.9. The van der Waals surface area contributed by atoms with Gasteiger partial charge in [0.15, 0.2) is 0 Å². The summed E-state index contributed by atoms with van der Waals surface area (Å²) in [6, 6.07) is -2.01. The normalized spacial score (nSPS) is 14.7. The maximum Gasteiger partial charge on any atom is 0.419 e. The van der Waals surface area contributed by atoms with E-state index >= 15 is 13.2 Å². The fourth-order valence-electron chi connectivity index (χ4n) is 6.58. The second kappa shape index (κ2) is 15.9. The van der Waals surface area contributed by atoms with E-state index in [0.717, 1.165) is 6.20 Å². The molecule has 16 heteroatoms. The molecule has 3 aromatic rings. The molecule has 0 spiro atoms. The Morgan fingerprint density at radius 1 is 0.962 bits per heavy atom. The number of hydrogen-bond donors (Lipinski definition) is 2. The molecule has 0 aliphatic heterocycles. The van der Waals surface area contributed by atoms with Gasteiger partial charge >= 0.3 is 18.3 Å². The summed E-state index contributed by atoms with van der Waals surface area (Å²) in [5, 5.41) is 2.19. The topological polar surface area (TPSA) is 103 Å². The van der Waals surface area contributed by atoms with E-state index in [-0.39, 0.29) is 60.7 Å². The van der Waals surface area contributed by atoms with Crippen molar-refractivity contribution in [3.8, 4) is 11.1 Å².